The summed E-state index contributed by atoms with van der Waals surface area (Å²) >= 11 is 0. The molecule has 1 unspecified atom stereocenters. The van der Waals surface area contributed by atoms with Crippen LogP contribution in [-0.2, 0) is 11.3 Å². The van der Waals surface area contributed by atoms with Crippen molar-refractivity contribution in [3.05, 3.63) is 23.8 Å². The molecular formula is C15H20N2O4. The van der Waals surface area contributed by atoms with Gasteiger partial charge >= 0.3 is 6.09 Å². The van der Waals surface area contributed by atoms with Gasteiger partial charge in [-0.3, -0.25) is 0 Å². The molecule has 1 heterocycles. The Kier molecular flexibility index (Phi) is 4.15. The molecule has 3 rings (SSSR count). The van der Waals surface area contributed by atoms with E-state index in [1.807, 2.05) is 18.2 Å². The van der Waals surface area contributed by atoms with Crippen LogP contribution in [-0.4, -0.2) is 38.5 Å². The molecule has 1 saturated heterocycles. The van der Waals surface area contributed by atoms with Crippen molar-refractivity contribution in [2.24, 2.45) is 0 Å². The molecule has 1 amide bonds. The summed E-state index contributed by atoms with van der Waals surface area (Å²) in [7, 11) is 1.62. The quantitative estimate of drug-likeness (QED) is 0.796. The van der Waals surface area contributed by atoms with E-state index in [9.17, 15) is 4.79 Å². The van der Waals surface area contributed by atoms with Crippen LogP contribution in [0.25, 0.3) is 0 Å². The van der Waals surface area contributed by atoms with Crippen molar-refractivity contribution in [2.75, 3.05) is 20.3 Å². The summed E-state index contributed by atoms with van der Waals surface area (Å²) in [6.45, 7) is 1.63. The molecule has 1 saturated carbocycles. The molecule has 21 heavy (non-hydrogen) atoms. The Morgan fingerprint density at radius 1 is 1.38 bits per heavy atom. The minimum absolute atomic E-state index is 0.251. The molecule has 114 valence electrons. The minimum Gasteiger partial charge on any atom is -0.493 e. The van der Waals surface area contributed by atoms with Crippen LogP contribution in [0.15, 0.2) is 18.2 Å². The lowest BCUT2D eigenvalue weighted by Crippen LogP contribution is -2.22. The van der Waals surface area contributed by atoms with Gasteiger partial charge in [-0.2, -0.15) is 0 Å². The Morgan fingerprint density at radius 2 is 2.24 bits per heavy atom. The SMILES string of the molecule is COc1cc(CNC2CC2)ccc1OCC1CNC(=O)O1. The van der Waals surface area contributed by atoms with Crippen LogP contribution in [0.3, 0.4) is 0 Å². The van der Waals surface area contributed by atoms with E-state index in [0.717, 1.165) is 6.54 Å². The maximum atomic E-state index is 10.9. The van der Waals surface area contributed by atoms with Crippen molar-refractivity contribution in [3.63, 3.8) is 0 Å². The summed E-state index contributed by atoms with van der Waals surface area (Å²) in [6, 6.07) is 6.57. The van der Waals surface area contributed by atoms with Crippen LogP contribution < -0.4 is 20.1 Å². The number of hydrogen-bond donors (Lipinski definition) is 2. The first kappa shape index (κ1) is 14.0. The molecule has 0 aromatic heterocycles. The van der Waals surface area contributed by atoms with E-state index in [1.165, 1.54) is 18.4 Å². The fraction of sp³-hybridized carbons (Fsp3) is 0.533. The Bertz CT molecular complexity index is 516. The van der Waals surface area contributed by atoms with Crippen LogP contribution in [0.4, 0.5) is 4.79 Å². The first-order chi connectivity index (χ1) is 10.2. The van der Waals surface area contributed by atoms with E-state index in [0.29, 0.717) is 30.7 Å². The molecule has 1 aromatic carbocycles. The molecular weight excluding hydrogens is 272 g/mol. The minimum atomic E-state index is -0.392. The van der Waals surface area contributed by atoms with Crippen molar-refractivity contribution < 1.29 is 19.0 Å². The van der Waals surface area contributed by atoms with Crippen LogP contribution in [0.5, 0.6) is 11.5 Å². The number of carbonyl (C=O) groups is 1. The summed E-state index contributed by atoms with van der Waals surface area (Å²) in [5.74, 6) is 1.36. The van der Waals surface area contributed by atoms with E-state index in [2.05, 4.69) is 10.6 Å². The number of hydrogen-bond acceptors (Lipinski definition) is 5. The van der Waals surface area contributed by atoms with Gasteiger partial charge in [0.25, 0.3) is 0 Å². The zero-order chi connectivity index (χ0) is 14.7. The highest BCUT2D eigenvalue weighted by atomic mass is 16.6. The first-order valence-corrected chi connectivity index (χ1v) is 7.22. The van der Waals surface area contributed by atoms with Crippen LogP contribution in [0.1, 0.15) is 18.4 Å². The Balaban J connectivity index is 1.56. The number of alkyl carbamates (subject to hydrolysis) is 1. The van der Waals surface area contributed by atoms with Crippen molar-refractivity contribution in [1.29, 1.82) is 0 Å². The highest BCUT2D eigenvalue weighted by Gasteiger charge is 2.23. The molecule has 2 N–H and O–H groups in total. The van der Waals surface area contributed by atoms with Gasteiger partial charge in [0.1, 0.15) is 6.61 Å². The van der Waals surface area contributed by atoms with E-state index in [4.69, 9.17) is 14.2 Å². The number of methoxy groups -OCH3 is 1. The Labute approximate surface area is 123 Å². The van der Waals surface area contributed by atoms with Crippen molar-refractivity contribution in [2.45, 2.75) is 31.5 Å². The number of rotatable bonds is 7. The largest absolute Gasteiger partial charge is 0.493 e. The van der Waals surface area contributed by atoms with Gasteiger partial charge in [0.05, 0.1) is 13.7 Å². The standard InChI is InChI=1S/C15H20N2O4/c1-19-14-6-10(7-16-11-3-4-11)2-5-13(14)20-9-12-8-17-15(18)21-12/h2,5-6,11-12,16H,3-4,7-9H2,1H3,(H,17,18). The van der Waals surface area contributed by atoms with Crippen molar-refractivity contribution in [1.82, 2.24) is 10.6 Å². The number of cyclic esters (lactones) is 1. The molecule has 1 atom stereocenters. The van der Waals surface area contributed by atoms with Gasteiger partial charge < -0.3 is 24.8 Å². The summed E-state index contributed by atoms with van der Waals surface area (Å²) in [6.07, 6.45) is 1.90. The van der Waals surface area contributed by atoms with Crippen LogP contribution in [0, 0.1) is 0 Å². The highest BCUT2D eigenvalue weighted by molar-refractivity contribution is 5.69. The maximum Gasteiger partial charge on any atom is 0.407 e. The Hall–Kier alpha value is -1.95. The lowest BCUT2D eigenvalue weighted by Gasteiger charge is -2.14. The number of nitrogens with one attached hydrogen (secondary N) is 2. The smallest absolute Gasteiger partial charge is 0.407 e. The predicted molar refractivity (Wildman–Crippen MR) is 76.6 cm³/mol. The fourth-order valence-corrected chi connectivity index (χ4v) is 2.20. The van der Waals surface area contributed by atoms with Crippen molar-refractivity contribution >= 4 is 6.09 Å². The topological polar surface area (TPSA) is 68.8 Å². The van der Waals surface area contributed by atoms with E-state index < -0.39 is 6.09 Å². The Morgan fingerprint density at radius 3 is 2.90 bits per heavy atom. The lowest BCUT2D eigenvalue weighted by molar-refractivity contribution is 0.103. The van der Waals surface area contributed by atoms with Gasteiger partial charge in [0, 0.05) is 12.6 Å². The molecule has 2 aliphatic rings. The van der Waals surface area contributed by atoms with Crippen LogP contribution in [0.2, 0.25) is 0 Å². The zero-order valence-corrected chi connectivity index (χ0v) is 12.1. The fourth-order valence-electron chi connectivity index (χ4n) is 2.20. The van der Waals surface area contributed by atoms with Gasteiger partial charge in [0.15, 0.2) is 17.6 Å². The third-order valence-corrected chi connectivity index (χ3v) is 3.57. The molecule has 1 aliphatic carbocycles. The second-order valence-corrected chi connectivity index (χ2v) is 5.36. The molecule has 1 aromatic rings. The predicted octanol–water partition coefficient (Wildman–Crippen LogP) is 1.43. The zero-order valence-electron chi connectivity index (χ0n) is 12.1. The van der Waals surface area contributed by atoms with E-state index in [-0.39, 0.29) is 6.10 Å². The van der Waals surface area contributed by atoms with Crippen molar-refractivity contribution in [3.8, 4) is 11.5 Å². The summed E-state index contributed by atoms with van der Waals surface area (Å²) < 4.78 is 16.1. The molecule has 2 fully saturated rings. The summed E-state index contributed by atoms with van der Waals surface area (Å²) in [4.78, 5) is 10.9. The van der Waals surface area contributed by atoms with Gasteiger partial charge in [-0.05, 0) is 30.5 Å². The van der Waals surface area contributed by atoms with E-state index in [1.54, 1.807) is 7.11 Å². The molecule has 6 nitrogen and oxygen atoms in total. The van der Waals surface area contributed by atoms with Gasteiger partial charge in [0.2, 0.25) is 0 Å². The van der Waals surface area contributed by atoms with Gasteiger partial charge in [-0.25, -0.2) is 4.79 Å². The van der Waals surface area contributed by atoms with Gasteiger partial charge in [-0.15, -0.1) is 0 Å². The average molecular weight is 292 g/mol. The number of carbonyl (C=O) groups excluding carboxylic acids is 1. The summed E-state index contributed by atoms with van der Waals surface area (Å²) in [5, 5.41) is 6.06. The lowest BCUT2D eigenvalue weighted by atomic mass is 10.2. The third kappa shape index (κ3) is 3.78. The second kappa shape index (κ2) is 6.22. The second-order valence-electron chi connectivity index (χ2n) is 5.36. The number of amides is 1. The maximum absolute atomic E-state index is 10.9. The molecule has 0 radical (unpaired) electrons. The summed E-state index contributed by atoms with van der Waals surface area (Å²) in [5.41, 5.74) is 1.17. The number of ether oxygens (including phenoxy) is 3. The highest BCUT2D eigenvalue weighted by Crippen LogP contribution is 2.29. The van der Waals surface area contributed by atoms with Crippen LogP contribution >= 0.6 is 0 Å². The normalized spacial score (nSPS) is 20.8. The average Bonchev–Trinajstić information content (AvgIpc) is 3.24. The monoisotopic (exact) mass is 292 g/mol. The van der Waals surface area contributed by atoms with E-state index >= 15 is 0 Å². The third-order valence-electron chi connectivity index (χ3n) is 3.57. The molecule has 6 heteroatoms. The number of benzene rings is 1. The molecule has 0 spiro atoms. The molecule has 1 aliphatic heterocycles. The molecule has 0 bridgehead atoms. The van der Waals surface area contributed by atoms with Gasteiger partial charge in [-0.1, -0.05) is 6.07 Å². The first-order valence-electron chi connectivity index (χ1n) is 7.22.